The molecule has 9 nitrogen and oxygen atoms in total. The van der Waals surface area contributed by atoms with Crippen molar-refractivity contribution in [3.63, 3.8) is 0 Å². The topological polar surface area (TPSA) is 105 Å². The van der Waals surface area contributed by atoms with Gasteiger partial charge in [-0.05, 0) is 25.0 Å². The van der Waals surface area contributed by atoms with Crippen molar-refractivity contribution >= 4 is 23.4 Å². The number of aromatic nitrogens is 5. The van der Waals surface area contributed by atoms with Gasteiger partial charge in [-0.15, -0.1) is 10.2 Å². The molecule has 0 saturated carbocycles. The number of likely N-dealkylation sites (tertiary alicyclic amines) is 1. The number of carbonyl (C=O) groups is 2. The number of amides is 2. The molecule has 0 aromatic carbocycles. The Morgan fingerprint density at radius 2 is 1.85 bits per heavy atom. The summed E-state index contributed by atoms with van der Waals surface area (Å²) in [6.07, 6.45) is 7.52. The molecule has 1 aliphatic rings. The Hall–Kier alpha value is -3.36. The number of hydrogen-bond donors (Lipinski definition) is 1. The van der Waals surface area contributed by atoms with E-state index in [4.69, 9.17) is 0 Å². The number of anilines is 1. The average Bonchev–Trinajstić information content (AvgIpc) is 3.18. The maximum Gasteiger partial charge on any atom is 0.253 e. The number of hydrogen-bond acceptors (Lipinski definition) is 6. The third kappa shape index (κ3) is 3.10. The lowest BCUT2D eigenvalue weighted by Gasteiger charge is -2.31. The monoisotopic (exact) mass is 351 g/mol. The Labute approximate surface area is 149 Å². The molecular weight excluding hydrogens is 334 g/mol. The van der Waals surface area contributed by atoms with Crippen molar-refractivity contribution < 1.29 is 9.59 Å². The van der Waals surface area contributed by atoms with Crippen LogP contribution in [0.15, 0.2) is 43.1 Å². The predicted molar refractivity (Wildman–Crippen MR) is 92.3 cm³/mol. The quantitative estimate of drug-likeness (QED) is 0.755. The maximum atomic E-state index is 12.6. The highest BCUT2D eigenvalue weighted by molar-refractivity contribution is 5.95. The molecule has 0 unspecified atom stereocenters. The molecule has 0 bridgehead atoms. The minimum absolute atomic E-state index is 0.0258. The van der Waals surface area contributed by atoms with Gasteiger partial charge in [-0.3, -0.25) is 24.3 Å². The lowest BCUT2D eigenvalue weighted by Crippen LogP contribution is -2.41. The van der Waals surface area contributed by atoms with Crippen LogP contribution in [-0.2, 0) is 4.79 Å². The summed E-state index contributed by atoms with van der Waals surface area (Å²) in [4.78, 5) is 34.9. The Balaban J connectivity index is 1.38. The maximum absolute atomic E-state index is 12.6. The van der Waals surface area contributed by atoms with E-state index >= 15 is 0 Å². The van der Waals surface area contributed by atoms with Crippen molar-refractivity contribution in [3.8, 4) is 0 Å². The van der Waals surface area contributed by atoms with Crippen LogP contribution in [0.4, 0.5) is 5.95 Å². The first-order chi connectivity index (χ1) is 12.7. The Kier molecular flexibility index (Phi) is 4.26. The molecule has 1 saturated heterocycles. The van der Waals surface area contributed by atoms with E-state index in [2.05, 4.69) is 25.5 Å². The molecule has 1 N–H and O–H groups in total. The molecule has 1 fully saturated rings. The van der Waals surface area contributed by atoms with Crippen LogP contribution in [0.3, 0.4) is 0 Å². The van der Waals surface area contributed by atoms with Gasteiger partial charge in [-0.25, -0.2) is 4.98 Å². The molecule has 0 aliphatic carbocycles. The Bertz CT molecular complexity index is 932. The summed E-state index contributed by atoms with van der Waals surface area (Å²) in [6.45, 7) is 1.09. The van der Waals surface area contributed by atoms with Crippen LogP contribution < -0.4 is 5.32 Å². The highest BCUT2D eigenvalue weighted by atomic mass is 16.2. The third-order valence-electron chi connectivity index (χ3n) is 4.54. The molecule has 9 heteroatoms. The SMILES string of the molecule is O=C(Nc1nccc2nncn12)C1CCN(C(=O)c2ccncc2)CC1. The fraction of sp³-hybridized carbons (Fsp3) is 0.294. The Morgan fingerprint density at radius 1 is 1.08 bits per heavy atom. The van der Waals surface area contributed by atoms with Gasteiger partial charge in [0.1, 0.15) is 6.33 Å². The van der Waals surface area contributed by atoms with Crippen molar-refractivity contribution in [2.75, 3.05) is 18.4 Å². The van der Waals surface area contributed by atoms with Gasteiger partial charge in [0, 0.05) is 49.2 Å². The first-order valence-corrected chi connectivity index (χ1v) is 8.37. The van der Waals surface area contributed by atoms with Gasteiger partial charge in [0.05, 0.1) is 0 Å². The summed E-state index contributed by atoms with van der Waals surface area (Å²) in [5, 5.41) is 10.6. The molecule has 0 atom stereocenters. The zero-order valence-corrected chi connectivity index (χ0v) is 13.9. The predicted octanol–water partition coefficient (Wildman–Crippen LogP) is 1.01. The zero-order valence-electron chi connectivity index (χ0n) is 13.9. The van der Waals surface area contributed by atoms with Crippen molar-refractivity contribution in [2.45, 2.75) is 12.8 Å². The van der Waals surface area contributed by atoms with Gasteiger partial charge in [0.15, 0.2) is 5.65 Å². The molecule has 4 heterocycles. The summed E-state index contributed by atoms with van der Waals surface area (Å²) < 4.78 is 1.62. The molecular formula is C17H17N7O2. The molecule has 2 amide bonds. The van der Waals surface area contributed by atoms with E-state index in [9.17, 15) is 9.59 Å². The lowest BCUT2D eigenvalue weighted by molar-refractivity contribution is -0.121. The second-order valence-corrected chi connectivity index (χ2v) is 6.12. The number of nitrogens with one attached hydrogen (secondary N) is 1. The molecule has 4 rings (SSSR count). The summed E-state index contributed by atoms with van der Waals surface area (Å²) in [7, 11) is 0. The summed E-state index contributed by atoms with van der Waals surface area (Å²) in [5.41, 5.74) is 1.24. The second-order valence-electron chi connectivity index (χ2n) is 6.12. The third-order valence-corrected chi connectivity index (χ3v) is 4.54. The van der Waals surface area contributed by atoms with Crippen LogP contribution in [0, 0.1) is 5.92 Å². The highest BCUT2D eigenvalue weighted by Gasteiger charge is 2.28. The van der Waals surface area contributed by atoms with E-state index in [-0.39, 0.29) is 17.7 Å². The minimum Gasteiger partial charge on any atom is -0.339 e. The van der Waals surface area contributed by atoms with Gasteiger partial charge in [-0.1, -0.05) is 0 Å². The average molecular weight is 351 g/mol. The van der Waals surface area contributed by atoms with Gasteiger partial charge < -0.3 is 4.90 Å². The number of carbonyl (C=O) groups excluding carboxylic acids is 2. The minimum atomic E-state index is -0.162. The van der Waals surface area contributed by atoms with Crippen LogP contribution >= 0.6 is 0 Å². The molecule has 3 aromatic rings. The highest BCUT2D eigenvalue weighted by Crippen LogP contribution is 2.20. The molecule has 0 radical (unpaired) electrons. The summed E-state index contributed by atoms with van der Waals surface area (Å²) in [6, 6.07) is 5.12. The first-order valence-electron chi connectivity index (χ1n) is 8.37. The van der Waals surface area contributed by atoms with Gasteiger partial charge in [0.2, 0.25) is 11.9 Å². The van der Waals surface area contributed by atoms with Gasteiger partial charge in [-0.2, -0.15) is 0 Å². The number of fused-ring (bicyclic) bond motifs is 1. The largest absolute Gasteiger partial charge is 0.339 e. The van der Waals surface area contributed by atoms with Crippen molar-refractivity contribution in [3.05, 3.63) is 48.7 Å². The first kappa shape index (κ1) is 16.1. The van der Waals surface area contributed by atoms with Crippen LogP contribution in [-0.4, -0.2) is 54.4 Å². The van der Waals surface area contributed by atoms with E-state index in [0.717, 1.165) is 0 Å². The fourth-order valence-electron chi connectivity index (χ4n) is 3.08. The lowest BCUT2D eigenvalue weighted by atomic mass is 9.95. The van der Waals surface area contributed by atoms with E-state index in [1.807, 2.05) is 0 Å². The van der Waals surface area contributed by atoms with E-state index < -0.39 is 0 Å². The standard InChI is InChI=1S/C17H17N7O2/c25-15(21-17-19-8-3-14-22-20-11-24(14)17)12-4-9-23(10-5-12)16(26)13-1-6-18-7-2-13/h1-3,6-8,11-12H,4-5,9-10H2,(H,19,21,25). The van der Waals surface area contributed by atoms with Crippen LogP contribution in [0.5, 0.6) is 0 Å². The van der Waals surface area contributed by atoms with E-state index in [1.54, 1.807) is 46.1 Å². The van der Waals surface area contributed by atoms with Crippen molar-refractivity contribution in [2.24, 2.45) is 5.92 Å². The second kappa shape index (κ2) is 6.87. The van der Waals surface area contributed by atoms with Gasteiger partial charge in [0.25, 0.3) is 5.91 Å². The molecule has 26 heavy (non-hydrogen) atoms. The smallest absolute Gasteiger partial charge is 0.253 e. The normalized spacial score (nSPS) is 15.2. The molecule has 132 valence electrons. The van der Waals surface area contributed by atoms with Crippen molar-refractivity contribution in [1.82, 2.24) is 29.5 Å². The molecule has 1 aliphatic heterocycles. The number of piperidine rings is 1. The zero-order chi connectivity index (χ0) is 17.9. The van der Waals surface area contributed by atoms with E-state index in [0.29, 0.717) is 43.1 Å². The summed E-state index contributed by atoms with van der Waals surface area (Å²) >= 11 is 0. The van der Waals surface area contributed by atoms with Crippen LogP contribution in [0.1, 0.15) is 23.2 Å². The van der Waals surface area contributed by atoms with Gasteiger partial charge >= 0.3 is 0 Å². The van der Waals surface area contributed by atoms with Crippen molar-refractivity contribution in [1.29, 1.82) is 0 Å². The van der Waals surface area contributed by atoms with Crippen LogP contribution in [0.25, 0.3) is 5.65 Å². The fourth-order valence-corrected chi connectivity index (χ4v) is 3.08. The Morgan fingerprint density at radius 3 is 2.62 bits per heavy atom. The molecule has 0 spiro atoms. The number of rotatable bonds is 3. The number of nitrogens with zero attached hydrogens (tertiary/aromatic N) is 6. The summed E-state index contributed by atoms with van der Waals surface area (Å²) in [5.74, 6) is 0.106. The van der Waals surface area contributed by atoms with Crippen LogP contribution in [0.2, 0.25) is 0 Å². The number of pyridine rings is 1. The van der Waals surface area contributed by atoms with E-state index in [1.165, 1.54) is 6.33 Å². The molecule has 3 aromatic heterocycles.